The number of imidazole rings is 1. The van der Waals surface area contributed by atoms with Crippen LogP contribution in [0, 0.1) is 11.8 Å². The third-order valence-corrected chi connectivity index (χ3v) is 3.74. The highest BCUT2D eigenvalue weighted by atomic mass is 16.4. The minimum absolute atomic E-state index is 0.173. The molecule has 1 aliphatic carbocycles. The Morgan fingerprint density at radius 3 is 2.84 bits per heavy atom. The Morgan fingerprint density at radius 1 is 1.53 bits per heavy atom. The van der Waals surface area contributed by atoms with Crippen LogP contribution in [0.3, 0.4) is 0 Å². The number of rotatable bonds is 5. The van der Waals surface area contributed by atoms with Gasteiger partial charge >= 0.3 is 5.97 Å². The highest BCUT2D eigenvalue weighted by molar-refractivity contribution is 5.85. The van der Waals surface area contributed by atoms with Crippen LogP contribution in [0.1, 0.15) is 44.5 Å². The number of carbonyl (C=O) groups is 2. The SMILES string of the molecule is CCC(NC(=O)C1CCCC1C(=O)O)c1ncc[nH]1. The molecule has 1 aliphatic rings. The second-order valence-corrected chi connectivity index (χ2v) is 4.93. The lowest BCUT2D eigenvalue weighted by Gasteiger charge is -2.20. The first-order chi connectivity index (χ1) is 9.13. The van der Waals surface area contributed by atoms with Crippen molar-refractivity contribution in [3.8, 4) is 0 Å². The van der Waals surface area contributed by atoms with E-state index in [1.807, 2.05) is 6.92 Å². The summed E-state index contributed by atoms with van der Waals surface area (Å²) in [6, 6.07) is -0.183. The molecule has 1 aromatic heterocycles. The molecule has 0 spiro atoms. The van der Waals surface area contributed by atoms with E-state index >= 15 is 0 Å². The van der Waals surface area contributed by atoms with Crippen molar-refractivity contribution >= 4 is 11.9 Å². The highest BCUT2D eigenvalue weighted by Crippen LogP contribution is 2.32. The van der Waals surface area contributed by atoms with E-state index in [0.717, 1.165) is 6.42 Å². The third kappa shape index (κ3) is 2.94. The lowest BCUT2D eigenvalue weighted by atomic mass is 9.95. The summed E-state index contributed by atoms with van der Waals surface area (Å²) >= 11 is 0. The molecule has 19 heavy (non-hydrogen) atoms. The molecule has 6 nitrogen and oxygen atoms in total. The van der Waals surface area contributed by atoms with Crippen LogP contribution in [-0.4, -0.2) is 27.0 Å². The summed E-state index contributed by atoms with van der Waals surface area (Å²) in [5, 5.41) is 12.0. The zero-order chi connectivity index (χ0) is 13.8. The molecule has 0 radical (unpaired) electrons. The largest absolute Gasteiger partial charge is 0.481 e. The molecule has 104 valence electrons. The summed E-state index contributed by atoms with van der Waals surface area (Å²) < 4.78 is 0. The van der Waals surface area contributed by atoms with Crippen LogP contribution in [0.15, 0.2) is 12.4 Å². The summed E-state index contributed by atoms with van der Waals surface area (Å²) in [6.45, 7) is 1.96. The van der Waals surface area contributed by atoms with Gasteiger partial charge in [0, 0.05) is 12.4 Å². The normalized spacial score (nSPS) is 24.1. The molecular weight excluding hydrogens is 246 g/mol. The quantitative estimate of drug-likeness (QED) is 0.751. The van der Waals surface area contributed by atoms with E-state index in [1.54, 1.807) is 12.4 Å². The van der Waals surface area contributed by atoms with Crippen molar-refractivity contribution in [2.45, 2.75) is 38.6 Å². The van der Waals surface area contributed by atoms with Gasteiger partial charge < -0.3 is 15.4 Å². The van der Waals surface area contributed by atoms with Gasteiger partial charge in [0.15, 0.2) is 0 Å². The number of hydrogen-bond donors (Lipinski definition) is 3. The number of aliphatic carboxylic acids is 1. The molecule has 0 bridgehead atoms. The molecule has 0 aromatic carbocycles. The van der Waals surface area contributed by atoms with Crippen LogP contribution in [0.5, 0.6) is 0 Å². The first-order valence-electron chi connectivity index (χ1n) is 6.66. The van der Waals surface area contributed by atoms with E-state index in [9.17, 15) is 9.59 Å². The maximum atomic E-state index is 12.2. The number of aromatic nitrogens is 2. The van der Waals surface area contributed by atoms with E-state index < -0.39 is 17.8 Å². The molecule has 3 unspecified atom stereocenters. The molecule has 1 saturated carbocycles. The molecule has 2 rings (SSSR count). The van der Waals surface area contributed by atoms with Gasteiger partial charge in [-0.2, -0.15) is 0 Å². The minimum Gasteiger partial charge on any atom is -0.481 e. The highest BCUT2D eigenvalue weighted by Gasteiger charge is 2.38. The van der Waals surface area contributed by atoms with Gasteiger partial charge in [0.1, 0.15) is 5.82 Å². The van der Waals surface area contributed by atoms with Crippen LogP contribution in [0.4, 0.5) is 0 Å². The number of aromatic amines is 1. The zero-order valence-electron chi connectivity index (χ0n) is 10.9. The van der Waals surface area contributed by atoms with E-state index in [0.29, 0.717) is 25.1 Å². The van der Waals surface area contributed by atoms with Crippen LogP contribution < -0.4 is 5.32 Å². The number of nitrogens with one attached hydrogen (secondary N) is 2. The van der Waals surface area contributed by atoms with Gasteiger partial charge in [-0.3, -0.25) is 9.59 Å². The van der Waals surface area contributed by atoms with Crippen LogP contribution in [-0.2, 0) is 9.59 Å². The Bertz CT molecular complexity index is 444. The molecule has 1 aromatic rings. The lowest BCUT2D eigenvalue weighted by Crippen LogP contribution is -2.37. The molecule has 1 fully saturated rings. The summed E-state index contributed by atoms with van der Waals surface area (Å²) in [7, 11) is 0. The van der Waals surface area contributed by atoms with Gasteiger partial charge in [-0.15, -0.1) is 0 Å². The molecular formula is C13H19N3O3. The number of H-pyrrole nitrogens is 1. The fraction of sp³-hybridized carbons (Fsp3) is 0.615. The minimum atomic E-state index is -0.872. The van der Waals surface area contributed by atoms with E-state index in [-0.39, 0.29) is 11.9 Å². The van der Waals surface area contributed by atoms with Crippen molar-refractivity contribution in [1.82, 2.24) is 15.3 Å². The van der Waals surface area contributed by atoms with Crippen molar-refractivity contribution in [1.29, 1.82) is 0 Å². The van der Waals surface area contributed by atoms with Gasteiger partial charge in [0.25, 0.3) is 0 Å². The predicted molar refractivity (Wildman–Crippen MR) is 68.2 cm³/mol. The maximum Gasteiger partial charge on any atom is 0.307 e. The first kappa shape index (κ1) is 13.6. The van der Waals surface area contributed by atoms with Crippen molar-refractivity contribution < 1.29 is 14.7 Å². The Morgan fingerprint density at radius 2 is 2.26 bits per heavy atom. The number of hydrogen-bond acceptors (Lipinski definition) is 3. The summed E-state index contributed by atoms with van der Waals surface area (Å²) in [5.74, 6) is -1.30. The van der Waals surface area contributed by atoms with Crippen LogP contribution >= 0.6 is 0 Å². The van der Waals surface area contributed by atoms with Crippen molar-refractivity contribution in [3.63, 3.8) is 0 Å². The van der Waals surface area contributed by atoms with Gasteiger partial charge in [0.2, 0.25) is 5.91 Å². The van der Waals surface area contributed by atoms with E-state index in [4.69, 9.17) is 5.11 Å². The fourth-order valence-electron chi connectivity index (χ4n) is 2.68. The first-order valence-corrected chi connectivity index (χ1v) is 6.66. The van der Waals surface area contributed by atoms with Crippen molar-refractivity contribution in [3.05, 3.63) is 18.2 Å². The third-order valence-electron chi connectivity index (χ3n) is 3.74. The second kappa shape index (κ2) is 5.86. The van der Waals surface area contributed by atoms with Gasteiger partial charge in [-0.25, -0.2) is 4.98 Å². The fourth-order valence-corrected chi connectivity index (χ4v) is 2.68. The number of carboxylic acid groups (broad SMARTS) is 1. The molecule has 0 saturated heterocycles. The average molecular weight is 265 g/mol. The predicted octanol–water partition coefficient (Wildman–Crippen LogP) is 1.48. The maximum absolute atomic E-state index is 12.2. The van der Waals surface area contributed by atoms with Crippen LogP contribution in [0.25, 0.3) is 0 Å². The molecule has 1 amide bonds. The Labute approximate surface area is 111 Å². The Balaban J connectivity index is 2.02. The molecule has 0 aliphatic heterocycles. The van der Waals surface area contributed by atoms with E-state index in [2.05, 4.69) is 15.3 Å². The number of carbonyl (C=O) groups excluding carboxylic acids is 1. The van der Waals surface area contributed by atoms with Crippen LogP contribution in [0.2, 0.25) is 0 Å². The van der Waals surface area contributed by atoms with Gasteiger partial charge in [0.05, 0.1) is 17.9 Å². The van der Waals surface area contributed by atoms with Crippen molar-refractivity contribution in [2.75, 3.05) is 0 Å². The Kier molecular flexibility index (Phi) is 4.19. The molecule has 3 atom stereocenters. The second-order valence-electron chi connectivity index (χ2n) is 4.93. The van der Waals surface area contributed by atoms with Gasteiger partial charge in [-0.05, 0) is 19.3 Å². The molecule has 3 N–H and O–H groups in total. The smallest absolute Gasteiger partial charge is 0.307 e. The van der Waals surface area contributed by atoms with E-state index in [1.165, 1.54) is 0 Å². The molecule has 6 heteroatoms. The number of carboxylic acids is 1. The topological polar surface area (TPSA) is 95.1 Å². The summed E-state index contributed by atoms with van der Waals surface area (Å²) in [6.07, 6.45) is 6.10. The molecule has 1 heterocycles. The van der Waals surface area contributed by atoms with Crippen molar-refractivity contribution in [2.24, 2.45) is 11.8 Å². The Hall–Kier alpha value is -1.85. The number of amides is 1. The number of nitrogens with zero attached hydrogens (tertiary/aromatic N) is 1. The lowest BCUT2D eigenvalue weighted by molar-refractivity contribution is -0.146. The standard InChI is InChI=1S/C13H19N3O3/c1-2-10(11-14-6-7-15-11)16-12(17)8-4-3-5-9(8)13(18)19/h6-10H,2-5H2,1H3,(H,14,15)(H,16,17)(H,18,19). The summed E-state index contributed by atoms with van der Waals surface area (Å²) in [5.41, 5.74) is 0. The monoisotopic (exact) mass is 265 g/mol. The van der Waals surface area contributed by atoms with Gasteiger partial charge in [-0.1, -0.05) is 13.3 Å². The average Bonchev–Trinajstić information content (AvgIpc) is 3.05. The zero-order valence-corrected chi connectivity index (χ0v) is 10.9. The summed E-state index contributed by atoms with van der Waals surface area (Å²) in [4.78, 5) is 30.4.